The Morgan fingerprint density at radius 2 is 1.06 bits per heavy atom. The first-order valence-corrected chi connectivity index (χ1v) is 13.8. The number of carboxylic acids is 3. The number of aliphatic carboxylic acids is 3. The van der Waals surface area contributed by atoms with Crippen molar-refractivity contribution in [3.63, 3.8) is 0 Å². The van der Waals surface area contributed by atoms with Gasteiger partial charge in [0.25, 0.3) is 5.91 Å². The van der Waals surface area contributed by atoms with E-state index in [4.69, 9.17) is 51.6 Å². The Morgan fingerprint density at radius 3 is 1.47 bits per heavy atom. The van der Waals surface area contributed by atoms with Crippen molar-refractivity contribution in [2.45, 2.75) is 76.4 Å². The molecule has 0 aliphatic heterocycles. The van der Waals surface area contributed by atoms with Gasteiger partial charge in [-0.25, -0.2) is 19.2 Å². The van der Waals surface area contributed by atoms with E-state index in [9.17, 15) is 49.1 Å². The quantitative estimate of drug-likeness (QED) is 0.0444. The van der Waals surface area contributed by atoms with Crippen molar-refractivity contribution in [3.8, 4) is 0 Å². The van der Waals surface area contributed by atoms with Gasteiger partial charge in [-0.15, -0.1) is 0 Å². The van der Waals surface area contributed by atoms with Crippen molar-refractivity contribution in [1.29, 1.82) is 0 Å². The number of nitrogens with two attached hydrogens (primary N) is 3. The zero-order valence-electron chi connectivity index (χ0n) is 26.1. The predicted octanol–water partition coefficient (Wildman–Crippen LogP) is 1.67. The standard InChI is InChI=1S/C18H39N7O3.3C2HF3O2/c1-15(19)8-13-22-9-6-7-12-25-18(27)28-14-16(26)23-10-4-2-3-5-11-24-17(20)21;3*3-2(4,5)1(6)7/h15,22H,2-14,19H2,1H3,(H,23,26)(H,25,27)(H4,20,21,24);3*(H,6,7)/t15-;;;/m0.../s1. The number of nitrogens with one attached hydrogen (secondary N) is 3. The monoisotopic (exact) mass is 743 g/mol. The van der Waals surface area contributed by atoms with Gasteiger partial charge in [-0.3, -0.25) is 9.79 Å². The molecule has 0 unspecified atom stereocenters. The van der Waals surface area contributed by atoms with Crippen molar-refractivity contribution in [2.75, 3.05) is 39.3 Å². The van der Waals surface area contributed by atoms with Crippen LogP contribution in [0, 0.1) is 0 Å². The number of ether oxygens (including phenoxy) is 1. The van der Waals surface area contributed by atoms with E-state index in [0.717, 1.165) is 58.0 Å². The molecule has 16 nitrogen and oxygen atoms in total. The van der Waals surface area contributed by atoms with Crippen LogP contribution in [0.15, 0.2) is 4.99 Å². The summed E-state index contributed by atoms with van der Waals surface area (Å²) in [6.07, 6.45) is -9.34. The van der Waals surface area contributed by atoms with E-state index in [-0.39, 0.29) is 24.5 Å². The number of carboxylic acid groups (broad SMARTS) is 3. The Bertz CT molecular complexity index is 920. The van der Waals surface area contributed by atoms with Crippen molar-refractivity contribution in [1.82, 2.24) is 16.0 Å². The number of rotatable bonds is 17. The van der Waals surface area contributed by atoms with Crippen LogP contribution >= 0.6 is 0 Å². The molecule has 290 valence electrons. The Labute approximate surface area is 274 Å². The van der Waals surface area contributed by atoms with E-state index in [1.54, 1.807) is 0 Å². The second kappa shape index (κ2) is 28.7. The molecule has 0 spiro atoms. The van der Waals surface area contributed by atoms with Crippen LogP contribution in [0.5, 0.6) is 0 Å². The molecule has 0 heterocycles. The zero-order valence-corrected chi connectivity index (χ0v) is 26.1. The molecular formula is C24H42F9N7O9. The predicted molar refractivity (Wildman–Crippen MR) is 153 cm³/mol. The van der Waals surface area contributed by atoms with Crippen LogP contribution in [0.1, 0.15) is 51.9 Å². The molecule has 0 fully saturated rings. The average molecular weight is 744 g/mol. The molecule has 0 aromatic heterocycles. The van der Waals surface area contributed by atoms with Crippen molar-refractivity contribution < 1.29 is 83.5 Å². The number of amides is 2. The smallest absolute Gasteiger partial charge is 0.475 e. The average Bonchev–Trinajstić information content (AvgIpc) is 2.93. The Kier molecular flexibility index (Phi) is 30.2. The van der Waals surface area contributed by atoms with Crippen molar-refractivity contribution in [2.24, 2.45) is 22.2 Å². The lowest BCUT2D eigenvalue weighted by Crippen LogP contribution is -2.33. The largest absolute Gasteiger partial charge is 0.490 e. The van der Waals surface area contributed by atoms with E-state index in [0.29, 0.717) is 19.6 Å². The fourth-order valence-electron chi connectivity index (χ4n) is 2.28. The number of carbonyl (C=O) groups excluding carboxylic acids is 2. The highest BCUT2D eigenvalue weighted by atomic mass is 19.4. The van der Waals surface area contributed by atoms with Gasteiger partial charge in [0.2, 0.25) is 0 Å². The highest BCUT2D eigenvalue weighted by Crippen LogP contribution is 2.14. The Balaban J connectivity index is -0.000000386. The Morgan fingerprint density at radius 1 is 0.673 bits per heavy atom. The molecule has 0 aliphatic carbocycles. The molecule has 0 bridgehead atoms. The number of halogens is 9. The van der Waals surface area contributed by atoms with E-state index < -0.39 is 42.5 Å². The molecule has 49 heavy (non-hydrogen) atoms. The van der Waals surface area contributed by atoms with E-state index in [2.05, 4.69) is 20.9 Å². The molecular weight excluding hydrogens is 701 g/mol. The van der Waals surface area contributed by atoms with Crippen LogP contribution in [-0.2, 0) is 23.9 Å². The van der Waals surface area contributed by atoms with Gasteiger partial charge in [-0.05, 0) is 52.1 Å². The summed E-state index contributed by atoms with van der Waals surface area (Å²) in [4.78, 5) is 53.7. The first-order chi connectivity index (χ1) is 22.2. The maximum Gasteiger partial charge on any atom is 0.490 e. The molecule has 0 saturated carbocycles. The van der Waals surface area contributed by atoms with Crippen LogP contribution < -0.4 is 33.2 Å². The summed E-state index contributed by atoms with van der Waals surface area (Å²) in [5, 5.41) is 30.0. The first kappa shape index (κ1) is 51.5. The number of guanidine groups is 1. The lowest BCUT2D eigenvalue weighted by molar-refractivity contribution is -0.193. The minimum atomic E-state index is -5.08. The van der Waals surface area contributed by atoms with Gasteiger partial charge in [0.1, 0.15) is 0 Å². The van der Waals surface area contributed by atoms with E-state index in [1.807, 2.05) is 6.92 Å². The number of alkyl carbamates (subject to hydrolysis) is 1. The molecule has 0 aliphatic rings. The van der Waals surface area contributed by atoms with Crippen LogP contribution in [0.4, 0.5) is 44.3 Å². The normalized spacial score (nSPS) is 11.4. The highest BCUT2D eigenvalue weighted by Gasteiger charge is 2.39. The van der Waals surface area contributed by atoms with E-state index >= 15 is 0 Å². The van der Waals surface area contributed by atoms with Crippen LogP contribution in [0.2, 0.25) is 0 Å². The second-order valence-corrected chi connectivity index (χ2v) is 9.21. The Hall–Kier alpha value is -4.29. The first-order valence-electron chi connectivity index (χ1n) is 13.8. The second-order valence-electron chi connectivity index (χ2n) is 9.21. The number of nitrogens with zero attached hydrogens (tertiary/aromatic N) is 1. The summed E-state index contributed by atoms with van der Waals surface area (Å²) < 4.78 is 100. The molecule has 0 saturated heterocycles. The van der Waals surface area contributed by atoms with Gasteiger partial charge in [-0.1, -0.05) is 12.8 Å². The molecule has 0 aromatic rings. The molecule has 0 rings (SSSR count). The SMILES string of the molecule is C[C@H](N)CCNCCCCNC(=O)OCC(=O)NCCCCCCN=C(N)N.O=C(O)C(F)(F)F.O=C(O)C(F)(F)F.O=C(O)C(F)(F)F. The summed E-state index contributed by atoms with van der Waals surface area (Å²) in [6, 6.07) is 0.211. The molecule has 2 amide bonds. The lowest BCUT2D eigenvalue weighted by atomic mass is 10.2. The number of aliphatic imine (C=N–C) groups is 1. The molecule has 0 aromatic carbocycles. The molecule has 12 N–H and O–H groups in total. The van der Waals surface area contributed by atoms with Gasteiger partial charge >= 0.3 is 42.5 Å². The summed E-state index contributed by atoms with van der Waals surface area (Å²) in [5.74, 6) is -8.46. The molecule has 1 atom stereocenters. The van der Waals surface area contributed by atoms with E-state index in [1.165, 1.54) is 0 Å². The number of hydrogen-bond donors (Lipinski definition) is 9. The zero-order chi connectivity index (χ0) is 39.3. The fraction of sp³-hybridized carbons (Fsp3) is 0.750. The van der Waals surface area contributed by atoms with Crippen LogP contribution in [-0.4, -0.2) is 115 Å². The van der Waals surface area contributed by atoms with Crippen molar-refractivity contribution >= 4 is 35.9 Å². The minimum absolute atomic E-state index is 0.112. The fourth-order valence-corrected chi connectivity index (χ4v) is 2.28. The minimum Gasteiger partial charge on any atom is -0.475 e. The third-order valence-electron chi connectivity index (χ3n) is 4.59. The maximum atomic E-state index is 11.6. The number of unbranched alkanes of at least 4 members (excludes halogenated alkanes) is 4. The topological polar surface area (TPSA) is 282 Å². The van der Waals surface area contributed by atoms with Gasteiger partial charge in [-0.2, -0.15) is 39.5 Å². The van der Waals surface area contributed by atoms with Gasteiger partial charge in [0, 0.05) is 25.7 Å². The van der Waals surface area contributed by atoms with Gasteiger partial charge < -0.3 is 53.2 Å². The van der Waals surface area contributed by atoms with Crippen LogP contribution in [0.25, 0.3) is 0 Å². The number of hydrogen-bond acceptors (Lipinski definition) is 9. The molecule has 0 radical (unpaired) electrons. The lowest BCUT2D eigenvalue weighted by Gasteiger charge is -2.09. The summed E-state index contributed by atoms with van der Waals surface area (Å²) in [5.41, 5.74) is 16.1. The number of carbonyl (C=O) groups is 5. The van der Waals surface area contributed by atoms with Gasteiger partial charge in [0.05, 0.1) is 0 Å². The third-order valence-corrected chi connectivity index (χ3v) is 4.59. The number of alkyl halides is 9. The summed E-state index contributed by atoms with van der Waals surface area (Å²) in [6.45, 7) is 5.21. The van der Waals surface area contributed by atoms with Crippen LogP contribution in [0.3, 0.4) is 0 Å². The summed E-state index contributed by atoms with van der Waals surface area (Å²) in [7, 11) is 0. The van der Waals surface area contributed by atoms with Crippen molar-refractivity contribution in [3.05, 3.63) is 0 Å². The van der Waals surface area contributed by atoms with Gasteiger partial charge in [0.15, 0.2) is 12.6 Å². The molecule has 25 heteroatoms. The maximum absolute atomic E-state index is 11.6. The summed E-state index contributed by atoms with van der Waals surface area (Å²) >= 11 is 0. The third kappa shape index (κ3) is 45.9. The highest BCUT2D eigenvalue weighted by molar-refractivity contribution is 5.80.